The van der Waals surface area contributed by atoms with Gasteiger partial charge in [-0.15, -0.1) is 5.10 Å². The van der Waals surface area contributed by atoms with Crippen molar-refractivity contribution >= 4 is 23.5 Å². The van der Waals surface area contributed by atoms with Crippen LogP contribution >= 0.6 is 11.6 Å². The molecule has 3 aromatic rings. The maximum atomic E-state index is 13.6. The van der Waals surface area contributed by atoms with E-state index in [4.69, 9.17) is 11.6 Å². The number of H-pyrrole nitrogens is 1. The normalized spacial score (nSPS) is 12.0. The van der Waals surface area contributed by atoms with Crippen LogP contribution in [0.3, 0.4) is 0 Å². The number of carboxylic acids is 1. The molecule has 0 unspecified atom stereocenters. The number of aromatic amines is 1. The Balaban J connectivity index is 1.51. The molecule has 0 saturated heterocycles. The van der Waals surface area contributed by atoms with Gasteiger partial charge in [-0.2, -0.15) is 15.2 Å². The second-order valence-corrected chi connectivity index (χ2v) is 7.06. The monoisotopic (exact) mass is 418 g/mol. The number of hydrogen-bond acceptors (Lipinski definition) is 6. The average Bonchev–Trinajstić information content (AvgIpc) is 3.16. The maximum absolute atomic E-state index is 13.6. The van der Waals surface area contributed by atoms with Crippen LogP contribution < -0.4 is 5.32 Å². The summed E-state index contributed by atoms with van der Waals surface area (Å²) in [6.45, 7) is 2.40. The van der Waals surface area contributed by atoms with Crippen LogP contribution in [0.5, 0.6) is 0 Å². The highest BCUT2D eigenvalue weighted by molar-refractivity contribution is 6.30. The number of rotatable bonds is 9. The molecule has 8 nitrogen and oxygen atoms in total. The maximum Gasteiger partial charge on any atom is 0.306 e. The molecule has 0 spiro atoms. The van der Waals surface area contributed by atoms with Crippen molar-refractivity contribution in [2.75, 3.05) is 11.9 Å². The lowest BCUT2D eigenvalue weighted by Crippen LogP contribution is -2.18. The quantitative estimate of drug-likeness (QED) is 0.455. The van der Waals surface area contributed by atoms with Gasteiger partial charge in [0.05, 0.1) is 23.3 Å². The topological polar surface area (TPSA) is 117 Å². The van der Waals surface area contributed by atoms with Gasteiger partial charge < -0.3 is 10.4 Å². The number of carboxylic acid groups (broad SMARTS) is 1. The van der Waals surface area contributed by atoms with Crippen molar-refractivity contribution in [2.24, 2.45) is 5.92 Å². The molecule has 0 radical (unpaired) electrons. The number of halogens is 2. The predicted molar refractivity (Wildman–Crippen MR) is 106 cm³/mol. The molecule has 3 rings (SSSR count). The van der Waals surface area contributed by atoms with Crippen LogP contribution in [0.15, 0.2) is 30.6 Å². The molecule has 3 N–H and O–H groups in total. The fourth-order valence-corrected chi connectivity index (χ4v) is 3.02. The summed E-state index contributed by atoms with van der Waals surface area (Å²) >= 11 is 5.67. The van der Waals surface area contributed by atoms with Gasteiger partial charge in [0.25, 0.3) is 0 Å². The number of aromatic nitrogens is 5. The van der Waals surface area contributed by atoms with Crippen molar-refractivity contribution in [1.29, 1.82) is 0 Å². The molecule has 2 heterocycles. The van der Waals surface area contributed by atoms with E-state index in [-0.39, 0.29) is 11.4 Å². The van der Waals surface area contributed by atoms with Crippen LogP contribution in [-0.4, -0.2) is 43.0 Å². The molecular formula is C19H20ClFN6O2. The van der Waals surface area contributed by atoms with Gasteiger partial charge in [-0.1, -0.05) is 17.7 Å². The first-order chi connectivity index (χ1) is 13.9. The average molecular weight is 419 g/mol. The predicted octanol–water partition coefficient (Wildman–Crippen LogP) is 3.50. The number of anilines is 1. The van der Waals surface area contributed by atoms with E-state index >= 15 is 0 Å². The second-order valence-electron chi connectivity index (χ2n) is 6.65. The molecule has 0 saturated carbocycles. The highest BCUT2D eigenvalue weighted by atomic mass is 35.5. The van der Waals surface area contributed by atoms with E-state index in [0.29, 0.717) is 36.7 Å². The van der Waals surface area contributed by atoms with Crippen molar-refractivity contribution in [2.45, 2.75) is 26.2 Å². The van der Waals surface area contributed by atoms with E-state index in [9.17, 15) is 14.3 Å². The largest absolute Gasteiger partial charge is 0.481 e. The van der Waals surface area contributed by atoms with Gasteiger partial charge in [0.1, 0.15) is 5.82 Å². The summed E-state index contributed by atoms with van der Waals surface area (Å²) in [5, 5.41) is 27.1. The molecule has 10 heteroatoms. The number of aryl methyl sites for hydroxylation is 1. The SMILES string of the molecule is Cc1cnncc1-c1nc(NCCC[C@@H](Cc2ccc(Cl)c(F)c2)C(=O)O)n[nH]1. The minimum absolute atomic E-state index is 0.0217. The molecule has 0 aliphatic rings. The van der Waals surface area contributed by atoms with Crippen molar-refractivity contribution in [1.82, 2.24) is 25.4 Å². The Labute approximate surface area is 171 Å². The van der Waals surface area contributed by atoms with E-state index in [0.717, 1.165) is 11.1 Å². The lowest BCUT2D eigenvalue weighted by atomic mass is 9.95. The van der Waals surface area contributed by atoms with Crippen molar-refractivity contribution in [3.63, 3.8) is 0 Å². The number of carbonyl (C=O) groups is 1. The molecular weight excluding hydrogens is 399 g/mol. The van der Waals surface area contributed by atoms with Gasteiger partial charge in [-0.05, 0) is 49.4 Å². The third kappa shape index (κ3) is 5.47. The lowest BCUT2D eigenvalue weighted by Gasteiger charge is -2.12. The molecule has 1 aromatic carbocycles. The molecule has 0 aliphatic carbocycles. The Morgan fingerprint density at radius 3 is 2.86 bits per heavy atom. The Morgan fingerprint density at radius 1 is 1.34 bits per heavy atom. The number of aliphatic carboxylic acids is 1. The molecule has 0 fully saturated rings. The van der Waals surface area contributed by atoms with Crippen molar-refractivity contribution in [3.05, 3.63) is 52.6 Å². The standard InChI is InChI=1S/C19H20ClFN6O2/c1-11-9-23-24-10-14(11)17-25-19(27-26-17)22-6-2-3-13(18(28)29)7-12-4-5-15(20)16(21)8-12/h4-5,8-10,13H,2-3,6-7H2,1H3,(H,28,29)(H2,22,25,26,27)/t13-/m0/s1. The van der Waals surface area contributed by atoms with Crippen LogP contribution in [0.1, 0.15) is 24.0 Å². The number of nitrogens with one attached hydrogen (secondary N) is 2. The third-order valence-corrected chi connectivity index (χ3v) is 4.80. The fourth-order valence-electron chi connectivity index (χ4n) is 2.90. The van der Waals surface area contributed by atoms with Crippen LogP contribution in [0.25, 0.3) is 11.4 Å². The molecule has 2 aromatic heterocycles. The first-order valence-electron chi connectivity index (χ1n) is 9.04. The Kier molecular flexibility index (Phi) is 6.71. The number of benzene rings is 1. The zero-order valence-electron chi connectivity index (χ0n) is 15.7. The van der Waals surface area contributed by atoms with Crippen LogP contribution in [0, 0.1) is 18.7 Å². The van der Waals surface area contributed by atoms with E-state index in [1.807, 2.05) is 6.92 Å². The van der Waals surface area contributed by atoms with Crippen LogP contribution in [0.4, 0.5) is 10.3 Å². The van der Waals surface area contributed by atoms with Gasteiger partial charge in [0.15, 0.2) is 5.82 Å². The molecule has 1 atom stereocenters. The van der Waals surface area contributed by atoms with E-state index < -0.39 is 17.7 Å². The lowest BCUT2D eigenvalue weighted by molar-refractivity contribution is -0.141. The third-order valence-electron chi connectivity index (χ3n) is 4.50. The molecule has 0 aliphatic heterocycles. The smallest absolute Gasteiger partial charge is 0.306 e. The molecule has 0 bridgehead atoms. The highest BCUT2D eigenvalue weighted by Gasteiger charge is 2.18. The summed E-state index contributed by atoms with van der Waals surface area (Å²) in [5.74, 6) is -1.09. The summed E-state index contributed by atoms with van der Waals surface area (Å²) in [6, 6.07) is 4.36. The molecule has 152 valence electrons. The van der Waals surface area contributed by atoms with Crippen LogP contribution in [0.2, 0.25) is 5.02 Å². The summed E-state index contributed by atoms with van der Waals surface area (Å²) in [6.07, 6.45) is 4.51. The first-order valence-corrected chi connectivity index (χ1v) is 9.42. The van der Waals surface area contributed by atoms with E-state index in [2.05, 4.69) is 30.7 Å². The van der Waals surface area contributed by atoms with Crippen molar-refractivity contribution in [3.8, 4) is 11.4 Å². The Hall–Kier alpha value is -3.07. The molecule has 29 heavy (non-hydrogen) atoms. The van der Waals surface area contributed by atoms with Gasteiger partial charge >= 0.3 is 5.97 Å². The summed E-state index contributed by atoms with van der Waals surface area (Å²) in [7, 11) is 0. The van der Waals surface area contributed by atoms with Gasteiger partial charge in [-0.3, -0.25) is 9.89 Å². The van der Waals surface area contributed by atoms with Gasteiger partial charge in [0.2, 0.25) is 5.95 Å². The fraction of sp³-hybridized carbons (Fsp3) is 0.316. The minimum Gasteiger partial charge on any atom is -0.481 e. The van der Waals surface area contributed by atoms with E-state index in [1.54, 1.807) is 18.5 Å². The number of nitrogens with zero attached hydrogens (tertiary/aromatic N) is 4. The summed E-state index contributed by atoms with van der Waals surface area (Å²) < 4.78 is 13.6. The summed E-state index contributed by atoms with van der Waals surface area (Å²) in [4.78, 5) is 15.9. The van der Waals surface area contributed by atoms with Gasteiger partial charge in [0, 0.05) is 12.1 Å². The Morgan fingerprint density at radius 2 is 2.14 bits per heavy atom. The van der Waals surface area contributed by atoms with Crippen LogP contribution in [-0.2, 0) is 11.2 Å². The molecule has 0 amide bonds. The highest BCUT2D eigenvalue weighted by Crippen LogP contribution is 2.21. The Bertz CT molecular complexity index is 996. The number of hydrogen-bond donors (Lipinski definition) is 3. The van der Waals surface area contributed by atoms with Crippen molar-refractivity contribution < 1.29 is 14.3 Å². The van der Waals surface area contributed by atoms with E-state index in [1.165, 1.54) is 12.1 Å². The van der Waals surface area contributed by atoms with Gasteiger partial charge in [-0.25, -0.2) is 4.39 Å². The second kappa shape index (κ2) is 9.42. The summed E-state index contributed by atoms with van der Waals surface area (Å²) in [5.41, 5.74) is 2.33. The first kappa shape index (κ1) is 20.7. The minimum atomic E-state index is -0.916. The zero-order chi connectivity index (χ0) is 20.8. The zero-order valence-corrected chi connectivity index (χ0v) is 16.4.